The largest absolute Gasteiger partial charge is 0.497 e. The Hall–Kier alpha value is -5.30. The van der Waals surface area contributed by atoms with Crippen molar-refractivity contribution in [3.63, 3.8) is 0 Å². The van der Waals surface area contributed by atoms with Crippen LogP contribution < -0.4 is 18.9 Å². The van der Waals surface area contributed by atoms with Crippen molar-refractivity contribution < 1.29 is 33.0 Å². The average Bonchev–Trinajstić information content (AvgIpc) is 3.51. The number of fused-ring (bicyclic) bond motifs is 2. The topological polar surface area (TPSA) is 84.2 Å². The standard InChI is InChI=1S/C33H24O7/c1-3-37-26-12-8-7-11-21(26)17-29-31(34)24-15-13-23(19-28(24)39-29)38-33(35)30-25-18-22(36-2)14-16-27(25)40-32(30)20-9-5-4-6-10-20/h4-19H,3H2,1-2H3/b29-17-. The molecule has 0 unspecified atom stereocenters. The fourth-order valence-corrected chi connectivity index (χ4v) is 4.62. The van der Waals surface area contributed by atoms with Crippen molar-refractivity contribution in [3.8, 4) is 34.3 Å². The van der Waals surface area contributed by atoms with Gasteiger partial charge < -0.3 is 23.4 Å². The number of para-hydroxylation sites is 1. The molecule has 1 aromatic heterocycles. The highest BCUT2D eigenvalue weighted by Crippen LogP contribution is 2.38. The van der Waals surface area contributed by atoms with Crippen molar-refractivity contribution in [2.24, 2.45) is 0 Å². The molecule has 0 amide bonds. The molecule has 198 valence electrons. The number of ketones is 1. The van der Waals surface area contributed by atoms with Crippen LogP contribution in [0.5, 0.6) is 23.0 Å². The molecule has 0 bridgehead atoms. The number of Topliss-reactive ketones (excluding diaryl/α,β-unsaturated/α-hetero) is 1. The Labute approximate surface area is 230 Å². The predicted molar refractivity (Wildman–Crippen MR) is 150 cm³/mol. The minimum Gasteiger partial charge on any atom is -0.497 e. The van der Waals surface area contributed by atoms with Gasteiger partial charge in [-0.3, -0.25) is 4.79 Å². The van der Waals surface area contributed by atoms with Crippen LogP contribution in [0.3, 0.4) is 0 Å². The third-order valence-electron chi connectivity index (χ3n) is 6.49. The summed E-state index contributed by atoms with van der Waals surface area (Å²) in [5.41, 5.74) is 2.63. The molecule has 1 aliphatic rings. The number of hydrogen-bond donors (Lipinski definition) is 0. The van der Waals surface area contributed by atoms with Crippen LogP contribution in [-0.2, 0) is 0 Å². The Morgan fingerprint density at radius 3 is 2.48 bits per heavy atom. The molecule has 0 atom stereocenters. The number of carbonyl (C=O) groups excluding carboxylic acids is 2. The molecular formula is C33H24O7. The van der Waals surface area contributed by atoms with Crippen LogP contribution in [0.1, 0.15) is 33.2 Å². The number of esters is 1. The van der Waals surface area contributed by atoms with Gasteiger partial charge in [-0.1, -0.05) is 48.5 Å². The van der Waals surface area contributed by atoms with E-state index < -0.39 is 5.97 Å². The first kappa shape index (κ1) is 25.0. The van der Waals surface area contributed by atoms with Gasteiger partial charge in [-0.05, 0) is 49.4 Å². The monoisotopic (exact) mass is 532 g/mol. The van der Waals surface area contributed by atoms with Gasteiger partial charge in [-0.15, -0.1) is 0 Å². The Kier molecular flexibility index (Phi) is 6.54. The molecule has 2 heterocycles. The lowest BCUT2D eigenvalue weighted by Crippen LogP contribution is -2.09. The molecule has 7 nitrogen and oxygen atoms in total. The molecule has 0 N–H and O–H groups in total. The number of furan rings is 1. The van der Waals surface area contributed by atoms with Gasteiger partial charge in [0, 0.05) is 22.6 Å². The molecule has 7 heteroatoms. The van der Waals surface area contributed by atoms with Crippen molar-refractivity contribution in [1.82, 2.24) is 0 Å². The first-order chi connectivity index (χ1) is 19.6. The van der Waals surface area contributed by atoms with Crippen LogP contribution >= 0.6 is 0 Å². The summed E-state index contributed by atoms with van der Waals surface area (Å²) >= 11 is 0. The number of allylic oxidation sites excluding steroid dienone is 1. The average molecular weight is 533 g/mol. The van der Waals surface area contributed by atoms with E-state index in [9.17, 15) is 9.59 Å². The first-order valence-electron chi connectivity index (χ1n) is 12.7. The van der Waals surface area contributed by atoms with Crippen molar-refractivity contribution in [2.45, 2.75) is 6.92 Å². The molecule has 6 rings (SSSR count). The molecule has 0 saturated carbocycles. The first-order valence-corrected chi connectivity index (χ1v) is 12.7. The summed E-state index contributed by atoms with van der Waals surface area (Å²) in [6.45, 7) is 2.39. The minimum atomic E-state index is -0.614. The van der Waals surface area contributed by atoms with E-state index in [0.717, 1.165) is 11.1 Å². The maximum absolute atomic E-state index is 13.6. The summed E-state index contributed by atoms with van der Waals surface area (Å²) in [5.74, 6) is 1.43. The predicted octanol–water partition coefficient (Wildman–Crippen LogP) is 7.34. The third-order valence-corrected chi connectivity index (χ3v) is 6.49. The Balaban J connectivity index is 1.32. The molecule has 0 spiro atoms. The zero-order chi connectivity index (χ0) is 27.6. The molecule has 5 aromatic rings. The van der Waals surface area contributed by atoms with E-state index in [2.05, 4.69) is 0 Å². The van der Waals surface area contributed by atoms with Crippen LogP contribution in [0.4, 0.5) is 0 Å². The van der Waals surface area contributed by atoms with Crippen molar-refractivity contribution in [3.05, 3.63) is 113 Å². The van der Waals surface area contributed by atoms with Gasteiger partial charge in [0.25, 0.3) is 0 Å². The maximum Gasteiger partial charge on any atom is 0.348 e. The molecule has 40 heavy (non-hydrogen) atoms. The molecule has 1 aliphatic heterocycles. The summed E-state index contributed by atoms with van der Waals surface area (Å²) < 4.78 is 28.8. The van der Waals surface area contributed by atoms with Gasteiger partial charge >= 0.3 is 5.97 Å². The van der Waals surface area contributed by atoms with Gasteiger partial charge in [0.2, 0.25) is 5.78 Å². The number of carbonyl (C=O) groups is 2. The Bertz CT molecular complexity index is 1780. The highest BCUT2D eigenvalue weighted by molar-refractivity contribution is 6.15. The quantitative estimate of drug-likeness (QED) is 0.123. The summed E-state index contributed by atoms with van der Waals surface area (Å²) in [6.07, 6.45) is 1.65. The van der Waals surface area contributed by atoms with Crippen molar-refractivity contribution >= 4 is 28.8 Å². The van der Waals surface area contributed by atoms with Gasteiger partial charge in [0.15, 0.2) is 5.76 Å². The van der Waals surface area contributed by atoms with E-state index in [0.29, 0.717) is 46.1 Å². The van der Waals surface area contributed by atoms with Crippen LogP contribution in [0, 0.1) is 0 Å². The molecular weight excluding hydrogens is 508 g/mol. The lowest BCUT2D eigenvalue weighted by molar-refractivity contribution is 0.0736. The van der Waals surface area contributed by atoms with E-state index in [4.69, 9.17) is 23.4 Å². The van der Waals surface area contributed by atoms with Gasteiger partial charge in [-0.25, -0.2) is 4.79 Å². The number of benzene rings is 4. The second-order valence-electron chi connectivity index (χ2n) is 8.99. The summed E-state index contributed by atoms with van der Waals surface area (Å²) in [6, 6.07) is 26.7. The number of methoxy groups -OCH3 is 1. The van der Waals surface area contributed by atoms with Crippen LogP contribution in [-0.4, -0.2) is 25.5 Å². The summed E-state index contributed by atoms with van der Waals surface area (Å²) in [5, 5.41) is 0.564. The Morgan fingerprint density at radius 1 is 0.900 bits per heavy atom. The highest BCUT2D eigenvalue weighted by atomic mass is 16.5. The maximum atomic E-state index is 13.6. The van der Waals surface area contributed by atoms with Gasteiger partial charge in [0.1, 0.15) is 39.9 Å². The van der Waals surface area contributed by atoms with E-state index in [-0.39, 0.29) is 22.9 Å². The molecule has 0 radical (unpaired) electrons. The van der Waals surface area contributed by atoms with E-state index in [1.807, 2.05) is 61.5 Å². The van der Waals surface area contributed by atoms with E-state index in [1.54, 1.807) is 43.5 Å². The molecule has 0 aliphatic carbocycles. The zero-order valence-corrected chi connectivity index (χ0v) is 21.8. The molecule has 4 aromatic carbocycles. The number of hydrogen-bond acceptors (Lipinski definition) is 7. The normalized spacial score (nSPS) is 13.2. The van der Waals surface area contributed by atoms with E-state index in [1.165, 1.54) is 6.07 Å². The Morgan fingerprint density at radius 2 is 1.68 bits per heavy atom. The van der Waals surface area contributed by atoms with Crippen LogP contribution in [0.25, 0.3) is 28.4 Å². The number of ether oxygens (including phenoxy) is 4. The smallest absolute Gasteiger partial charge is 0.348 e. The van der Waals surface area contributed by atoms with Crippen LogP contribution in [0.15, 0.2) is 101 Å². The lowest BCUT2D eigenvalue weighted by Gasteiger charge is -2.07. The van der Waals surface area contributed by atoms with Gasteiger partial charge in [-0.2, -0.15) is 0 Å². The summed E-state index contributed by atoms with van der Waals surface area (Å²) in [7, 11) is 1.56. The third kappa shape index (κ3) is 4.58. The minimum absolute atomic E-state index is 0.157. The lowest BCUT2D eigenvalue weighted by atomic mass is 10.1. The van der Waals surface area contributed by atoms with Crippen molar-refractivity contribution in [1.29, 1.82) is 0 Å². The van der Waals surface area contributed by atoms with Crippen molar-refractivity contribution in [2.75, 3.05) is 13.7 Å². The van der Waals surface area contributed by atoms with E-state index >= 15 is 0 Å². The zero-order valence-electron chi connectivity index (χ0n) is 21.8. The van der Waals surface area contributed by atoms with Gasteiger partial charge in [0.05, 0.1) is 19.3 Å². The molecule has 0 saturated heterocycles. The van der Waals surface area contributed by atoms with Crippen LogP contribution in [0.2, 0.25) is 0 Å². The second-order valence-corrected chi connectivity index (χ2v) is 8.99. The fourth-order valence-electron chi connectivity index (χ4n) is 4.62. The highest BCUT2D eigenvalue weighted by Gasteiger charge is 2.29. The second kappa shape index (κ2) is 10.5. The number of rotatable bonds is 7. The molecule has 0 fully saturated rings. The summed E-state index contributed by atoms with van der Waals surface area (Å²) in [4.78, 5) is 26.6. The SMILES string of the molecule is CCOc1ccccc1/C=C1\Oc2cc(OC(=O)c3c(-c4ccccc4)oc4ccc(OC)cc34)ccc2C1=O. The fraction of sp³-hybridized carbons (Fsp3) is 0.0909.